The minimum absolute atomic E-state index is 0.189. The summed E-state index contributed by atoms with van der Waals surface area (Å²) < 4.78 is 5.13. The van der Waals surface area contributed by atoms with Crippen molar-refractivity contribution in [3.63, 3.8) is 0 Å². The molecule has 0 radical (unpaired) electrons. The lowest BCUT2D eigenvalue weighted by atomic mass is 9.44. The second-order valence-corrected chi connectivity index (χ2v) is 10.5. The number of carbonyl (C=O) groups excluding carboxylic acids is 2. The predicted octanol–water partition coefficient (Wildman–Crippen LogP) is 3.62. The summed E-state index contributed by atoms with van der Waals surface area (Å²) in [6.07, 6.45) is 6.41. The standard InChI is InChI=1S/C27H30N2O5/c1-34-25(33)27-14-18-10-19(15-27)13-26(12-18,16-27)24(32)29-22(23(30)31)11-17-5-7-20(8-6-17)21-4-2-3-9-28-21/h2-9,18-19,22H,10-16H2,1H3,(H,29,32)(H,30,31)/t18?,19?,22-,26?,27?/m0/s1. The number of esters is 1. The Morgan fingerprint density at radius 1 is 1.06 bits per heavy atom. The Morgan fingerprint density at radius 2 is 1.74 bits per heavy atom. The molecule has 4 saturated carbocycles. The molecule has 7 heteroatoms. The van der Waals surface area contributed by atoms with E-state index in [4.69, 9.17) is 4.74 Å². The van der Waals surface area contributed by atoms with E-state index in [1.54, 1.807) is 6.20 Å². The molecular formula is C27H30N2O5. The third kappa shape index (κ3) is 3.97. The molecule has 3 atom stereocenters. The molecule has 1 aromatic carbocycles. The molecule has 1 heterocycles. The highest BCUT2D eigenvalue weighted by Gasteiger charge is 2.63. The fourth-order valence-corrected chi connectivity index (χ4v) is 7.08. The largest absolute Gasteiger partial charge is 0.480 e. The van der Waals surface area contributed by atoms with Crippen LogP contribution in [-0.4, -0.2) is 41.1 Å². The van der Waals surface area contributed by atoms with Gasteiger partial charge in [-0.05, 0) is 68.1 Å². The number of benzene rings is 1. The van der Waals surface area contributed by atoms with E-state index in [9.17, 15) is 19.5 Å². The summed E-state index contributed by atoms with van der Waals surface area (Å²) in [5.41, 5.74) is 1.33. The number of aliphatic carboxylic acids is 1. The first kappa shape index (κ1) is 22.6. The van der Waals surface area contributed by atoms with E-state index in [1.165, 1.54) is 7.11 Å². The molecule has 2 aromatic rings. The molecule has 1 aromatic heterocycles. The quantitative estimate of drug-likeness (QED) is 0.609. The van der Waals surface area contributed by atoms with Gasteiger partial charge >= 0.3 is 11.9 Å². The Bertz CT molecular complexity index is 1080. The number of methoxy groups -OCH3 is 1. The van der Waals surface area contributed by atoms with Crippen molar-refractivity contribution in [2.24, 2.45) is 22.7 Å². The smallest absolute Gasteiger partial charge is 0.326 e. The fraction of sp³-hybridized carbons (Fsp3) is 0.481. The molecule has 6 rings (SSSR count). The molecule has 0 spiro atoms. The summed E-state index contributed by atoms with van der Waals surface area (Å²) in [6, 6.07) is 12.2. The average Bonchev–Trinajstić information content (AvgIpc) is 2.83. The number of amides is 1. The summed E-state index contributed by atoms with van der Waals surface area (Å²) in [5.74, 6) is -0.884. The lowest BCUT2D eigenvalue weighted by molar-refractivity contribution is -0.182. The van der Waals surface area contributed by atoms with Crippen LogP contribution in [0.25, 0.3) is 11.3 Å². The van der Waals surface area contributed by atoms with Crippen LogP contribution in [0.5, 0.6) is 0 Å². The van der Waals surface area contributed by atoms with Gasteiger partial charge < -0.3 is 15.2 Å². The number of hydrogen-bond donors (Lipinski definition) is 2. The van der Waals surface area contributed by atoms with Crippen molar-refractivity contribution >= 4 is 17.8 Å². The van der Waals surface area contributed by atoms with Crippen LogP contribution < -0.4 is 5.32 Å². The number of carboxylic acid groups (broad SMARTS) is 1. The van der Waals surface area contributed by atoms with Gasteiger partial charge in [-0.1, -0.05) is 30.3 Å². The van der Waals surface area contributed by atoms with E-state index < -0.39 is 22.8 Å². The van der Waals surface area contributed by atoms with Crippen LogP contribution in [0.2, 0.25) is 0 Å². The SMILES string of the molecule is COC(=O)C12CC3CC(CC(C(=O)N[C@@H](Cc4ccc(-c5ccccn5)cc4)C(=O)O)(C3)C1)C2. The topological polar surface area (TPSA) is 106 Å². The van der Waals surface area contributed by atoms with Gasteiger partial charge in [-0.15, -0.1) is 0 Å². The highest BCUT2D eigenvalue weighted by Crippen LogP contribution is 2.65. The number of rotatable bonds is 7. The van der Waals surface area contributed by atoms with Gasteiger partial charge in [0.25, 0.3) is 0 Å². The zero-order valence-corrected chi connectivity index (χ0v) is 19.3. The maximum atomic E-state index is 13.6. The third-order valence-electron chi connectivity index (χ3n) is 8.12. The van der Waals surface area contributed by atoms with E-state index >= 15 is 0 Å². The number of aromatic nitrogens is 1. The molecule has 2 unspecified atom stereocenters. The van der Waals surface area contributed by atoms with Crippen molar-refractivity contribution in [3.8, 4) is 11.3 Å². The minimum atomic E-state index is -1.06. The third-order valence-corrected chi connectivity index (χ3v) is 8.12. The van der Waals surface area contributed by atoms with Crippen molar-refractivity contribution in [2.75, 3.05) is 7.11 Å². The molecule has 0 aliphatic heterocycles. The van der Waals surface area contributed by atoms with E-state index in [2.05, 4.69) is 10.3 Å². The first-order valence-electron chi connectivity index (χ1n) is 12.0. The number of pyridine rings is 1. The highest BCUT2D eigenvalue weighted by atomic mass is 16.5. The number of hydrogen-bond acceptors (Lipinski definition) is 5. The summed E-state index contributed by atoms with van der Waals surface area (Å²) >= 11 is 0. The first-order valence-corrected chi connectivity index (χ1v) is 12.0. The number of carbonyl (C=O) groups is 3. The minimum Gasteiger partial charge on any atom is -0.480 e. The average molecular weight is 463 g/mol. The zero-order chi connectivity index (χ0) is 23.9. The van der Waals surface area contributed by atoms with Gasteiger partial charge in [0.15, 0.2) is 0 Å². The van der Waals surface area contributed by atoms with E-state index in [0.29, 0.717) is 18.3 Å². The van der Waals surface area contributed by atoms with Crippen LogP contribution in [0.1, 0.15) is 44.1 Å². The van der Waals surface area contributed by atoms with E-state index in [-0.39, 0.29) is 18.3 Å². The van der Waals surface area contributed by atoms with Gasteiger partial charge in [0.1, 0.15) is 6.04 Å². The molecule has 4 bridgehead atoms. The molecule has 4 aliphatic carbocycles. The van der Waals surface area contributed by atoms with Crippen LogP contribution in [0.4, 0.5) is 0 Å². The zero-order valence-electron chi connectivity index (χ0n) is 19.3. The second-order valence-electron chi connectivity index (χ2n) is 10.5. The van der Waals surface area contributed by atoms with Crippen LogP contribution in [0.15, 0.2) is 48.7 Å². The lowest BCUT2D eigenvalue weighted by Crippen LogP contribution is -2.61. The van der Waals surface area contributed by atoms with Crippen molar-refractivity contribution in [1.29, 1.82) is 0 Å². The molecule has 4 fully saturated rings. The lowest BCUT2D eigenvalue weighted by Gasteiger charge is -2.59. The Labute approximate surface area is 198 Å². The normalized spacial score (nSPS) is 29.9. The van der Waals surface area contributed by atoms with Crippen molar-refractivity contribution in [1.82, 2.24) is 10.3 Å². The predicted molar refractivity (Wildman–Crippen MR) is 125 cm³/mol. The van der Waals surface area contributed by atoms with Crippen LogP contribution >= 0.6 is 0 Å². The highest BCUT2D eigenvalue weighted by molar-refractivity contribution is 5.89. The van der Waals surface area contributed by atoms with Crippen molar-refractivity contribution in [2.45, 2.75) is 51.0 Å². The summed E-state index contributed by atoms with van der Waals surface area (Å²) in [6.45, 7) is 0. The van der Waals surface area contributed by atoms with Gasteiger partial charge in [0.05, 0.1) is 23.6 Å². The molecule has 1 amide bonds. The van der Waals surface area contributed by atoms with Gasteiger partial charge in [-0.25, -0.2) is 4.79 Å². The fourth-order valence-electron chi connectivity index (χ4n) is 7.08. The van der Waals surface area contributed by atoms with Crippen molar-refractivity contribution in [3.05, 3.63) is 54.2 Å². The summed E-state index contributed by atoms with van der Waals surface area (Å²) in [5, 5.41) is 12.7. The second kappa shape index (κ2) is 8.53. The number of carboxylic acids is 1. The van der Waals surface area contributed by atoms with Crippen LogP contribution in [-0.2, 0) is 25.5 Å². The molecule has 4 aliphatic rings. The Balaban J connectivity index is 1.32. The van der Waals surface area contributed by atoms with Crippen LogP contribution in [0.3, 0.4) is 0 Å². The van der Waals surface area contributed by atoms with Crippen LogP contribution in [0, 0.1) is 22.7 Å². The Hall–Kier alpha value is -3.22. The molecule has 0 saturated heterocycles. The maximum absolute atomic E-state index is 13.6. The number of ether oxygens (including phenoxy) is 1. The molecule has 34 heavy (non-hydrogen) atoms. The monoisotopic (exact) mass is 462 g/mol. The van der Waals surface area contributed by atoms with E-state index in [1.807, 2.05) is 42.5 Å². The van der Waals surface area contributed by atoms with E-state index in [0.717, 1.165) is 48.9 Å². The van der Waals surface area contributed by atoms with Gasteiger partial charge in [-0.3, -0.25) is 14.6 Å². The van der Waals surface area contributed by atoms with Gasteiger partial charge in [-0.2, -0.15) is 0 Å². The van der Waals surface area contributed by atoms with Crippen molar-refractivity contribution < 1.29 is 24.2 Å². The molecule has 2 N–H and O–H groups in total. The Kier molecular flexibility index (Phi) is 5.66. The summed E-state index contributed by atoms with van der Waals surface area (Å²) in [7, 11) is 1.41. The van der Waals surface area contributed by atoms with Gasteiger partial charge in [0, 0.05) is 18.2 Å². The molecule has 7 nitrogen and oxygen atoms in total. The number of nitrogens with one attached hydrogen (secondary N) is 1. The molecule has 178 valence electrons. The summed E-state index contributed by atoms with van der Waals surface area (Å²) in [4.78, 5) is 42.6. The van der Waals surface area contributed by atoms with Gasteiger partial charge in [0.2, 0.25) is 5.91 Å². The maximum Gasteiger partial charge on any atom is 0.326 e. The Morgan fingerprint density at radius 3 is 2.32 bits per heavy atom. The molecular weight excluding hydrogens is 432 g/mol. The first-order chi connectivity index (χ1) is 16.3. The number of nitrogens with zero attached hydrogens (tertiary/aromatic N) is 1.